The predicted octanol–water partition coefficient (Wildman–Crippen LogP) is 4.85. The van der Waals surface area contributed by atoms with Gasteiger partial charge in [0.25, 0.3) is 11.8 Å². The van der Waals surface area contributed by atoms with E-state index >= 15 is 0 Å². The van der Waals surface area contributed by atoms with E-state index in [-0.39, 0.29) is 11.8 Å². The first-order valence-corrected chi connectivity index (χ1v) is 8.56. The van der Waals surface area contributed by atoms with E-state index in [2.05, 4.69) is 10.6 Å². The molecular weight excluding hydrogens is 364 g/mol. The van der Waals surface area contributed by atoms with Crippen molar-refractivity contribution in [1.82, 2.24) is 0 Å². The standard InChI is InChI=1S/C21H17ClN2O3/c1-27-17-9-5-8-16(13-17)23-20(25)14-6-4-7-15(12-14)21(26)24-19-11-3-2-10-18(19)22/h2-13H,1H3,(H,23,25)(H,24,26). The third-order valence-corrected chi connectivity index (χ3v) is 4.17. The summed E-state index contributed by atoms with van der Waals surface area (Å²) in [5.74, 6) is -0.0320. The molecular formula is C21H17ClN2O3. The van der Waals surface area contributed by atoms with E-state index in [1.165, 1.54) is 6.07 Å². The Kier molecular flexibility index (Phi) is 5.74. The number of carbonyl (C=O) groups is 2. The Morgan fingerprint density at radius 2 is 1.48 bits per heavy atom. The number of anilines is 2. The Labute approximate surface area is 161 Å². The van der Waals surface area contributed by atoms with Crippen LogP contribution in [0.2, 0.25) is 5.02 Å². The van der Waals surface area contributed by atoms with E-state index in [9.17, 15) is 9.59 Å². The molecule has 0 aliphatic rings. The van der Waals surface area contributed by atoms with Crippen molar-refractivity contribution in [2.75, 3.05) is 17.7 Å². The van der Waals surface area contributed by atoms with E-state index in [0.717, 1.165) is 0 Å². The molecule has 136 valence electrons. The van der Waals surface area contributed by atoms with Gasteiger partial charge in [0.1, 0.15) is 5.75 Å². The van der Waals surface area contributed by atoms with Gasteiger partial charge in [-0.3, -0.25) is 9.59 Å². The van der Waals surface area contributed by atoms with Crippen molar-refractivity contribution in [1.29, 1.82) is 0 Å². The van der Waals surface area contributed by atoms with E-state index in [1.54, 1.807) is 73.8 Å². The van der Waals surface area contributed by atoms with Gasteiger partial charge in [0.2, 0.25) is 0 Å². The van der Waals surface area contributed by atoms with Crippen LogP contribution >= 0.6 is 11.6 Å². The highest BCUT2D eigenvalue weighted by molar-refractivity contribution is 6.33. The summed E-state index contributed by atoms with van der Waals surface area (Å²) in [5, 5.41) is 5.97. The fraction of sp³-hybridized carbons (Fsp3) is 0.0476. The SMILES string of the molecule is COc1cccc(NC(=O)c2cccc(C(=O)Nc3ccccc3Cl)c2)c1. The van der Waals surface area contributed by atoms with Crippen molar-refractivity contribution in [3.8, 4) is 5.75 Å². The zero-order valence-electron chi connectivity index (χ0n) is 14.5. The summed E-state index contributed by atoms with van der Waals surface area (Å²) in [6.07, 6.45) is 0. The van der Waals surface area contributed by atoms with Gasteiger partial charge in [-0.25, -0.2) is 0 Å². The number of benzene rings is 3. The van der Waals surface area contributed by atoms with Gasteiger partial charge >= 0.3 is 0 Å². The molecule has 0 fully saturated rings. The molecule has 5 nitrogen and oxygen atoms in total. The van der Waals surface area contributed by atoms with Crippen molar-refractivity contribution in [2.24, 2.45) is 0 Å². The predicted molar refractivity (Wildman–Crippen MR) is 107 cm³/mol. The lowest BCUT2D eigenvalue weighted by Crippen LogP contribution is -2.15. The molecule has 0 aromatic heterocycles. The maximum atomic E-state index is 12.5. The first kappa shape index (κ1) is 18.5. The van der Waals surface area contributed by atoms with Gasteiger partial charge in [0.05, 0.1) is 17.8 Å². The molecule has 0 aliphatic heterocycles. The van der Waals surface area contributed by atoms with Crippen LogP contribution in [0.25, 0.3) is 0 Å². The average molecular weight is 381 g/mol. The number of halogens is 1. The first-order valence-electron chi connectivity index (χ1n) is 8.18. The summed E-state index contributed by atoms with van der Waals surface area (Å²) in [7, 11) is 1.56. The molecule has 27 heavy (non-hydrogen) atoms. The Morgan fingerprint density at radius 3 is 2.19 bits per heavy atom. The number of ether oxygens (including phenoxy) is 1. The van der Waals surface area contributed by atoms with Crippen LogP contribution in [-0.2, 0) is 0 Å². The Balaban J connectivity index is 1.75. The average Bonchev–Trinajstić information content (AvgIpc) is 2.70. The van der Waals surface area contributed by atoms with Crippen LogP contribution in [0.5, 0.6) is 5.75 Å². The topological polar surface area (TPSA) is 67.4 Å². The van der Waals surface area contributed by atoms with Crippen molar-refractivity contribution in [3.63, 3.8) is 0 Å². The summed E-state index contributed by atoms with van der Waals surface area (Å²) < 4.78 is 5.14. The van der Waals surface area contributed by atoms with E-state index in [0.29, 0.717) is 33.3 Å². The molecule has 0 spiro atoms. The number of rotatable bonds is 5. The van der Waals surface area contributed by atoms with Crippen LogP contribution < -0.4 is 15.4 Å². The monoisotopic (exact) mass is 380 g/mol. The van der Waals surface area contributed by atoms with Gasteiger partial charge in [-0.05, 0) is 42.5 Å². The zero-order valence-corrected chi connectivity index (χ0v) is 15.3. The lowest BCUT2D eigenvalue weighted by atomic mass is 10.1. The van der Waals surface area contributed by atoms with E-state index in [1.807, 2.05) is 0 Å². The third-order valence-electron chi connectivity index (χ3n) is 3.84. The van der Waals surface area contributed by atoms with Crippen LogP contribution in [0.1, 0.15) is 20.7 Å². The number of carbonyl (C=O) groups excluding carboxylic acids is 2. The van der Waals surface area contributed by atoms with Gasteiger partial charge in [-0.1, -0.05) is 35.9 Å². The van der Waals surface area contributed by atoms with Crippen molar-refractivity contribution < 1.29 is 14.3 Å². The maximum Gasteiger partial charge on any atom is 0.255 e. The minimum atomic E-state index is -0.348. The number of hydrogen-bond acceptors (Lipinski definition) is 3. The highest BCUT2D eigenvalue weighted by Crippen LogP contribution is 2.22. The molecule has 3 aromatic rings. The normalized spacial score (nSPS) is 10.1. The quantitative estimate of drug-likeness (QED) is 0.664. The number of nitrogens with one attached hydrogen (secondary N) is 2. The molecule has 3 rings (SSSR count). The molecule has 2 N–H and O–H groups in total. The van der Waals surface area contributed by atoms with Gasteiger partial charge in [-0.15, -0.1) is 0 Å². The Bertz CT molecular complexity index is 988. The van der Waals surface area contributed by atoms with Crippen LogP contribution in [0.4, 0.5) is 11.4 Å². The summed E-state index contributed by atoms with van der Waals surface area (Å²) in [5.41, 5.74) is 1.83. The van der Waals surface area contributed by atoms with E-state index in [4.69, 9.17) is 16.3 Å². The molecule has 6 heteroatoms. The van der Waals surface area contributed by atoms with Crippen molar-refractivity contribution in [2.45, 2.75) is 0 Å². The number of amides is 2. The summed E-state index contributed by atoms with van der Waals surface area (Å²) in [6, 6.07) is 20.5. The Morgan fingerprint density at radius 1 is 0.815 bits per heavy atom. The van der Waals surface area contributed by atoms with Gasteiger partial charge in [-0.2, -0.15) is 0 Å². The zero-order chi connectivity index (χ0) is 19.2. The highest BCUT2D eigenvalue weighted by atomic mass is 35.5. The molecule has 0 saturated carbocycles. The van der Waals surface area contributed by atoms with Crippen molar-refractivity contribution >= 4 is 34.8 Å². The molecule has 0 atom stereocenters. The number of hydrogen-bond donors (Lipinski definition) is 2. The number of methoxy groups -OCH3 is 1. The molecule has 0 saturated heterocycles. The largest absolute Gasteiger partial charge is 0.497 e. The second kappa shape index (κ2) is 8.38. The minimum Gasteiger partial charge on any atom is -0.497 e. The molecule has 2 amide bonds. The summed E-state index contributed by atoms with van der Waals surface area (Å²) >= 11 is 6.06. The molecule has 0 bridgehead atoms. The fourth-order valence-electron chi connectivity index (χ4n) is 2.46. The minimum absolute atomic E-state index is 0.323. The van der Waals surface area contributed by atoms with Crippen LogP contribution in [-0.4, -0.2) is 18.9 Å². The van der Waals surface area contributed by atoms with Gasteiger partial charge < -0.3 is 15.4 Å². The number of para-hydroxylation sites is 1. The van der Waals surface area contributed by atoms with Crippen LogP contribution in [0.15, 0.2) is 72.8 Å². The summed E-state index contributed by atoms with van der Waals surface area (Å²) in [6.45, 7) is 0. The first-order chi connectivity index (χ1) is 13.1. The third kappa shape index (κ3) is 4.65. The Hall–Kier alpha value is -3.31. The molecule has 0 heterocycles. The van der Waals surface area contributed by atoms with E-state index < -0.39 is 0 Å². The highest BCUT2D eigenvalue weighted by Gasteiger charge is 2.12. The smallest absolute Gasteiger partial charge is 0.255 e. The molecule has 3 aromatic carbocycles. The van der Waals surface area contributed by atoms with Crippen molar-refractivity contribution in [3.05, 3.63) is 88.9 Å². The fourth-order valence-corrected chi connectivity index (χ4v) is 2.65. The second-order valence-corrected chi connectivity index (χ2v) is 6.11. The van der Waals surface area contributed by atoms with Crippen LogP contribution in [0.3, 0.4) is 0 Å². The summed E-state index contributed by atoms with van der Waals surface area (Å²) in [4.78, 5) is 25.0. The lowest BCUT2D eigenvalue weighted by Gasteiger charge is -2.09. The maximum absolute atomic E-state index is 12.5. The second-order valence-electron chi connectivity index (χ2n) is 5.70. The van der Waals surface area contributed by atoms with Gasteiger partial charge in [0.15, 0.2) is 0 Å². The molecule has 0 unspecified atom stereocenters. The molecule has 0 aliphatic carbocycles. The van der Waals surface area contributed by atoms with Gasteiger partial charge in [0, 0.05) is 22.9 Å². The molecule has 0 radical (unpaired) electrons. The van der Waals surface area contributed by atoms with Crippen LogP contribution in [0, 0.1) is 0 Å². The lowest BCUT2D eigenvalue weighted by molar-refractivity contribution is 0.102.